The zero-order valence-corrected chi connectivity index (χ0v) is 19.0. The molecule has 0 atom stereocenters. The third-order valence-electron chi connectivity index (χ3n) is 5.59. The number of carbonyl (C=O) groups excluding carboxylic acids is 1. The number of nitrogens with one attached hydrogen (secondary N) is 1. The largest absolute Gasteiger partial charge is 0.372 e. The third-order valence-corrected chi connectivity index (χ3v) is 6.05. The smallest absolute Gasteiger partial charge is 0.257 e. The Labute approximate surface area is 193 Å². The van der Waals surface area contributed by atoms with E-state index in [1.807, 2.05) is 29.2 Å². The van der Waals surface area contributed by atoms with Crippen LogP contribution in [0.15, 0.2) is 60.8 Å². The Bertz CT molecular complexity index is 1050. The predicted octanol–water partition coefficient (Wildman–Crippen LogP) is 6.19. The van der Waals surface area contributed by atoms with Gasteiger partial charge in [0.15, 0.2) is 0 Å². The number of pyridine rings is 1. The van der Waals surface area contributed by atoms with Gasteiger partial charge < -0.3 is 10.2 Å². The molecule has 2 aromatic carbocycles. The number of benzene rings is 2. The van der Waals surface area contributed by atoms with E-state index in [-0.39, 0.29) is 5.91 Å². The molecule has 1 aliphatic rings. The molecular formula is C25H25Cl2N3O. The maximum absolute atomic E-state index is 13.5. The number of nitrogens with zero attached hydrogens (tertiary/aromatic N) is 2. The van der Waals surface area contributed by atoms with E-state index in [1.54, 1.807) is 19.3 Å². The zero-order chi connectivity index (χ0) is 21.8. The van der Waals surface area contributed by atoms with Crippen molar-refractivity contribution in [3.8, 4) is 0 Å². The van der Waals surface area contributed by atoms with Crippen molar-refractivity contribution in [3.63, 3.8) is 0 Å². The molecule has 1 aliphatic carbocycles. The standard InChI is InChI=1S/C25H25Cl2N3O/c1-28-24-23(14-22(27)15-29-24)25(31)30(13-12-17-4-10-21(26)11-5-17)16-18-2-6-19(7-3-18)20-8-9-20/h2-7,10-11,14-15,20H,8-9,12-13,16H2,1H3,(H,28,29). The van der Waals surface area contributed by atoms with Crippen LogP contribution in [0.4, 0.5) is 5.82 Å². The molecule has 1 amide bonds. The second-order valence-corrected chi connectivity index (χ2v) is 8.79. The van der Waals surface area contributed by atoms with Crippen LogP contribution >= 0.6 is 23.2 Å². The van der Waals surface area contributed by atoms with Gasteiger partial charge in [-0.1, -0.05) is 59.6 Å². The quantitative estimate of drug-likeness (QED) is 0.441. The number of hydrogen-bond acceptors (Lipinski definition) is 3. The molecule has 1 fully saturated rings. The van der Waals surface area contributed by atoms with E-state index >= 15 is 0 Å². The Morgan fingerprint density at radius 2 is 1.71 bits per heavy atom. The summed E-state index contributed by atoms with van der Waals surface area (Å²) in [6.45, 7) is 1.09. The maximum atomic E-state index is 13.5. The first kappa shape index (κ1) is 21.7. The highest BCUT2D eigenvalue weighted by atomic mass is 35.5. The predicted molar refractivity (Wildman–Crippen MR) is 127 cm³/mol. The minimum absolute atomic E-state index is 0.0976. The first-order valence-corrected chi connectivity index (χ1v) is 11.2. The summed E-state index contributed by atoms with van der Waals surface area (Å²) >= 11 is 12.2. The van der Waals surface area contributed by atoms with Crippen LogP contribution in [0.5, 0.6) is 0 Å². The van der Waals surface area contributed by atoms with E-state index < -0.39 is 0 Å². The molecule has 0 radical (unpaired) electrons. The molecule has 3 aromatic rings. The van der Waals surface area contributed by atoms with Crippen molar-refractivity contribution in [1.29, 1.82) is 0 Å². The van der Waals surface area contributed by atoms with E-state index in [2.05, 4.69) is 34.6 Å². The summed E-state index contributed by atoms with van der Waals surface area (Å²) in [4.78, 5) is 19.6. The molecule has 6 heteroatoms. The molecule has 0 saturated heterocycles. The average molecular weight is 454 g/mol. The monoisotopic (exact) mass is 453 g/mol. The summed E-state index contributed by atoms with van der Waals surface area (Å²) in [5.74, 6) is 1.14. The SMILES string of the molecule is CNc1ncc(Cl)cc1C(=O)N(CCc1ccc(Cl)cc1)Cc1ccc(C2CC2)cc1. The highest BCUT2D eigenvalue weighted by molar-refractivity contribution is 6.31. The summed E-state index contributed by atoms with van der Waals surface area (Å²) in [6.07, 6.45) is 4.82. The summed E-state index contributed by atoms with van der Waals surface area (Å²) in [7, 11) is 1.75. The molecule has 0 bridgehead atoms. The van der Waals surface area contributed by atoms with E-state index in [0.717, 1.165) is 17.5 Å². The Morgan fingerprint density at radius 1 is 1.03 bits per heavy atom. The van der Waals surface area contributed by atoms with Crippen molar-refractivity contribution < 1.29 is 4.79 Å². The molecule has 1 N–H and O–H groups in total. The van der Waals surface area contributed by atoms with Gasteiger partial charge in [0.2, 0.25) is 0 Å². The van der Waals surface area contributed by atoms with Crippen molar-refractivity contribution in [2.45, 2.75) is 31.7 Å². The normalized spacial score (nSPS) is 13.1. The molecule has 31 heavy (non-hydrogen) atoms. The van der Waals surface area contributed by atoms with E-state index in [1.165, 1.54) is 18.4 Å². The van der Waals surface area contributed by atoms with Crippen LogP contribution in [0.2, 0.25) is 10.0 Å². The van der Waals surface area contributed by atoms with Crippen molar-refractivity contribution in [3.05, 3.63) is 93.1 Å². The maximum Gasteiger partial charge on any atom is 0.257 e. The van der Waals surface area contributed by atoms with Crippen LogP contribution in [-0.4, -0.2) is 29.4 Å². The van der Waals surface area contributed by atoms with Crippen LogP contribution in [-0.2, 0) is 13.0 Å². The van der Waals surface area contributed by atoms with Gasteiger partial charge >= 0.3 is 0 Å². The van der Waals surface area contributed by atoms with Gasteiger partial charge in [0.1, 0.15) is 5.82 Å². The molecule has 160 valence electrons. The van der Waals surface area contributed by atoms with Crippen LogP contribution < -0.4 is 5.32 Å². The fraction of sp³-hybridized carbons (Fsp3) is 0.280. The minimum Gasteiger partial charge on any atom is -0.372 e. The Morgan fingerprint density at radius 3 is 2.35 bits per heavy atom. The lowest BCUT2D eigenvalue weighted by atomic mass is 10.1. The topological polar surface area (TPSA) is 45.2 Å². The van der Waals surface area contributed by atoms with Gasteiger partial charge in [-0.2, -0.15) is 0 Å². The number of anilines is 1. The zero-order valence-electron chi connectivity index (χ0n) is 17.4. The molecule has 4 nitrogen and oxygen atoms in total. The molecule has 1 heterocycles. The van der Waals surface area contributed by atoms with Crippen molar-refractivity contribution in [2.75, 3.05) is 18.9 Å². The third kappa shape index (κ3) is 5.57. The first-order chi connectivity index (χ1) is 15.0. The highest BCUT2D eigenvalue weighted by Crippen LogP contribution is 2.40. The molecule has 0 aliphatic heterocycles. The number of rotatable bonds is 8. The number of amides is 1. The lowest BCUT2D eigenvalue weighted by Crippen LogP contribution is -2.33. The van der Waals surface area contributed by atoms with Gasteiger partial charge in [0.25, 0.3) is 5.91 Å². The van der Waals surface area contributed by atoms with Crippen LogP contribution in [0.3, 0.4) is 0 Å². The summed E-state index contributed by atoms with van der Waals surface area (Å²) in [6, 6.07) is 18.1. The molecule has 0 unspecified atom stereocenters. The second-order valence-electron chi connectivity index (χ2n) is 7.92. The fourth-order valence-corrected chi connectivity index (χ4v) is 3.96. The van der Waals surface area contributed by atoms with Gasteiger partial charge in [-0.25, -0.2) is 4.98 Å². The van der Waals surface area contributed by atoms with Gasteiger partial charge in [-0.15, -0.1) is 0 Å². The number of carbonyl (C=O) groups is 1. The Balaban J connectivity index is 1.56. The first-order valence-electron chi connectivity index (χ1n) is 10.5. The molecular weight excluding hydrogens is 429 g/mol. The van der Waals surface area contributed by atoms with Gasteiger partial charge in [-0.05, 0) is 60.1 Å². The van der Waals surface area contributed by atoms with Crippen LogP contribution in [0, 0.1) is 0 Å². The van der Waals surface area contributed by atoms with Crippen molar-refractivity contribution in [1.82, 2.24) is 9.88 Å². The minimum atomic E-state index is -0.0976. The highest BCUT2D eigenvalue weighted by Gasteiger charge is 2.24. The van der Waals surface area contributed by atoms with E-state index in [9.17, 15) is 4.79 Å². The molecule has 1 saturated carbocycles. The van der Waals surface area contributed by atoms with Gasteiger partial charge in [-0.3, -0.25) is 4.79 Å². The van der Waals surface area contributed by atoms with Crippen molar-refractivity contribution >= 4 is 34.9 Å². The van der Waals surface area contributed by atoms with Crippen molar-refractivity contribution in [2.24, 2.45) is 0 Å². The molecule has 0 spiro atoms. The van der Waals surface area contributed by atoms with E-state index in [4.69, 9.17) is 23.2 Å². The van der Waals surface area contributed by atoms with E-state index in [0.29, 0.717) is 40.4 Å². The van der Waals surface area contributed by atoms with Crippen LogP contribution in [0.1, 0.15) is 45.8 Å². The molecule has 1 aromatic heterocycles. The second kappa shape index (κ2) is 9.71. The van der Waals surface area contributed by atoms with Crippen LogP contribution in [0.25, 0.3) is 0 Å². The number of halogens is 2. The fourth-order valence-electron chi connectivity index (χ4n) is 3.67. The Hall–Kier alpha value is -2.56. The lowest BCUT2D eigenvalue weighted by molar-refractivity contribution is 0.0745. The van der Waals surface area contributed by atoms with Gasteiger partial charge in [0, 0.05) is 31.4 Å². The number of hydrogen-bond donors (Lipinski definition) is 1. The average Bonchev–Trinajstić information content (AvgIpc) is 3.63. The number of aromatic nitrogens is 1. The summed E-state index contributed by atoms with van der Waals surface area (Å²) in [5, 5.41) is 4.14. The molecule has 4 rings (SSSR count). The van der Waals surface area contributed by atoms with Gasteiger partial charge in [0.05, 0.1) is 10.6 Å². The summed E-state index contributed by atoms with van der Waals surface area (Å²) < 4.78 is 0. The Kier molecular flexibility index (Phi) is 6.79. The lowest BCUT2D eigenvalue weighted by Gasteiger charge is -2.24. The summed E-state index contributed by atoms with van der Waals surface area (Å²) in [5.41, 5.74) is 4.10.